The van der Waals surface area contributed by atoms with Gasteiger partial charge in [-0.2, -0.15) is 0 Å². The van der Waals surface area contributed by atoms with Gasteiger partial charge < -0.3 is 15.1 Å². The van der Waals surface area contributed by atoms with E-state index < -0.39 is 0 Å². The van der Waals surface area contributed by atoms with Crippen LogP contribution in [0, 0.1) is 12.8 Å². The Kier molecular flexibility index (Phi) is 5.97. The zero-order chi connectivity index (χ0) is 14.7. The highest BCUT2D eigenvalue weighted by molar-refractivity contribution is 5.85. The van der Waals surface area contributed by atoms with Gasteiger partial charge in [0.15, 0.2) is 0 Å². The van der Waals surface area contributed by atoms with Crippen LogP contribution in [0.2, 0.25) is 0 Å². The monoisotopic (exact) mass is 325 g/mol. The Labute approximate surface area is 137 Å². The summed E-state index contributed by atoms with van der Waals surface area (Å²) in [6.07, 6.45) is 3.56. The molecule has 1 N–H and O–H groups in total. The second-order valence-corrected chi connectivity index (χ2v) is 5.85. The minimum absolute atomic E-state index is 0. The molecule has 0 aromatic carbocycles. The van der Waals surface area contributed by atoms with Crippen molar-refractivity contribution in [2.75, 3.05) is 44.2 Å². The standard InChI is InChI=1S/C15H23N5O.ClH/c1-12-10-14(18-11-17-12)19-6-8-20(9-7-19)15(21)13-2-4-16-5-3-13;/h10-11,13,16H,2-9H2,1H3;1H. The molecule has 22 heavy (non-hydrogen) atoms. The summed E-state index contributed by atoms with van der Waals surface area (Å²) in [6.45, 7) is 7.22. The van der Waals surface area contributed by atoms with Gasteiger partial charge in [0.25, 0.3) is 0 Å². The number of amides is 1. The van der Waals surface area contributed by atoms with Crippen LogP contribution in [0.25, 0.3) is 0 Å². The van der Waals surface area contributed by atoms with E-state index in [9.17, 15) is 4.79 Å². The smallest absolute Gasteiger partial charge is 0.225 e. The lowest BCUT2D eigenvalue weighted by Gasteiger charge is -2.37. The highest BCUT2D eigenvalue weighted by Crippen LogP contribution is 2.18. The molecule has 0 radical (unpaired) electrons. The van der Waals surface area contributed by atoms with Crippen LogP contribution in [0.4, 0.5) is 5.82 Å². The molecule has 2 aliphatic rings. The molecule has 3 rings (SSSR count). The molecule has 1 amide bonds. The van der Waals surface area contributed by atoms with Crippen LogP contribution in [-0.2, 0) is 4.79 Å². The summed E-state index contributed by atoms with van der Waals surface area (Å²) in [5.41, 5.74) is 0.980. The average molecular weight is 326 g/mol. The first-order valence-electron chi connectivity index (χ1n) is 7.77. The van der Waals surface area contributed by atoms with Crippen molar-refractivity contribution < 1.29 is 4.79 Å². The van der Waals surface area contributed by atoms with Crippen LogP contribution in [0.15, 0.2) is 12.4 Å². The lowest BCUT2D eigenvalue weighted by molar-refractivity contribution is -0.136. The number of piperidine rings is 1. The topological polar surface area (TPSA) is 61.4 Å². The van der Waals surface area contributed by atoms with Crippen molar-refractivity contribution in [1.82, 2.24) is 20.2 Å². The van der Waals surface area contributed by atoms with E-state index in [4.69, 9.17) is 0 Å². The van der Waals surface area contributed by atoms with Gasteiger partial charge in [0.1, 0.15) is 12.1 Å². The highest BCUT2D eigenvalue weighted by Gasteiger charge is 2.28. The molecule has 6 nitrogen and oxygen atoms in total. The van der Waals surface area contributed by atoms with Gasteiger partial charge >= 0.3 is 0 Å². The first-order chi connectivity index (χ1) is 10.2. The third kappa shape index (κ3) is 3.87. The molecule has 1 aromatic heterocycles. The van der Waals surface area contributed by atoms with E-state index >= 15 is 0 Å². The molecule has 0 unspecified atom stereocenters. The SMILES string of the molecule is Cc1cc(N2CCN(C(=O)C3CCNCC3)CC2)ncn1.Cl. The zero-order valence-electron chi connectivity index (χ0n) is 13.0. The summed E-state index contributed by atoms with van der Waals surface area (Å²) in [6, 6.07) is 2.00. The summed E-state index contributed by atoms with van der Waals surface area (Å²) in [7, 11) is 0. The number of piperazine rings is 1. The summed E-state index contributed by atoms with van der Waals surface area (Å²) in [5.74, 6) is 1.53. The van der Waals surface area contributed by atoms with Gasteiger partial charge in [-0.1, -0.05) is 0 Å². The largest absolute Gasteiger partial charge is 0.353 e. The number of carbonyl (C=O) groups is 1. The second kappa shape index (κ2) is 7.74. The zero-order valence-corrected chi connectivity index (χ0v) is 13.8. The maximum Gasteiger partial charge on any atom is 0.225 e. The molecule has 0 aliphatic carbocycles. The van der Waals surface area contributed by atoms with Crippen molar-refractivity contribution in [3.8, 4) is 0 Å². The minimum Gasteiger partial charge on any atom is -0.353 e. The molecular weight excluding hydrogens is 302 g/mol. The summed E-state index contributed by atoms with van der Waals surface area (Å²) < 4.78 is 0. The number of anilines is 1. The first-order valence-corrected chi connectivity index (χ1v) is 7.77. The van der Waals surface area contributed by atoms with Gasteiger partial charge in [-0.15, -0.1) is 12.4 Å². The van der Waals surface area contributed by atoms with Crippen molar-refractivity contribution in [1.29, 1.82) is 0 Å². The molecule has 2 saturated heterocycles. The third-order valence-corrected chi connectivity index (χ3v) is 4.39. The van der Waals surface area contributed by atoms with E-state index in [-0.39, 0.29) is 18.3 Å². The van der Waals surface area contributed by atoms with E-state index in [0.717, 1.165) is 63.6 Å². The average Bonchev–Trinajstić information content (AvgIpc) is 2.55. The molecule has 0 saturated carbocycles. The lowest BCUT2D eigenvalue weighted by atomic mass is 9.96. The van der Waals surface area contributed by atoms with Crippen LogP contribution in [0.3, 0.4) is 0 Å². The maximum atomic E-state index is 12.5. The Morgan fingerprint density at radius 2 is 1.86 bits per heavy atom. The predicted molar refractivity (Wildman–Crippen MR) is 88.4 cm³/mol. The summed E-state index contributed by atoms with van der Waals surface area (Å²) in [4.78, 5) is 25.2. The van der Waals surface area contributed by atoms with Crippen molar-refractivity contribution in [3.63, 3.8) is 0 Å². The number of nitrogens with one attached hydrogen (secondary N) is 1. The van der Waals surface area contributed by atoms with Gasteiger partial charge in [-0.05, 0) is 32.9 Å². The molecule has 0 atom stereocenters. The number of aromatic nitrogens is 2. The van der Waals surface area contributed by atoms with Crippen LogP contribution in [-0.4, -0.2) is 60.0 Å². The van der Waals surface area contributed by atoms with E-state index in [2.05, 4.69) is 20.2 Å². The Morgan fingerprint density at radius 3 is 2.50 bits per heavy atom. The Bertz CT molecular complexity index is 498. The summed E-state index contributed by atoms with van der Waals surface area (Å²) >= 11 is 0. The molecule has 0 spiro atoms. The van der Waals surface area contributed by atoms with Crippen molar-refractivity contribution in [2.45, 2.75) is 19.8 Å². The predicted octanol–water partition coefficient (Wildman–Crippen LogP) is 0.855. The van der Waals surface area contributed by atoms with Gasteiger partial charge in [-0.3, -0.25) is 4.79 Å². The number of aryl methyl sites for hydroxylation is 1. The van der Waals surface area contributed by atoms with Crippen LogP contribution < -0.4 is 10.2 Å². The molecule has 0 bridgehead atoms. The summed E-state index contributed by atoms with van der Waals surface area (Å²) in [5, 5.41) is 3.31. The Hall–Kier alpha value is -1.40. The Morgan fingerprint density at radius 1 is 1.18 bits per heavy atom. The molecule has 2 aliphatic heterocycles. The molecule has 3 heterocycles. The van der Waals surface area contributed by atoms with Crippen LogP contribution in [0.5, 0.6) is 0 Å². The fourth-order valence-corrected chi connectivity index (χ4v) is 3.10. The number of nitrogens with zero attached hydrogens (tertiary/aromatic N) is 4. The van der Waals surface area contributed by atoms with Crippen molar-refractivity contribution >= 4 is 24.1 Å². The number of rotatable bonds is 2. The normalized spacial score (nSPS) is 19.7. The molecule has 7 heteroatoms. The van der Waals surface area contributed by atoms with Gasteiger partial charge in [0.2, 0.25) is 5.91 Å². The van der Waals surface area contributed by atoms with E-state index in [1.54, 1.807) is 6.33 Å². The Balaban J connectivity index is 0.00000176. The highest BCUT2D eigenvalue weighted by atomic mass is 35.5. The maximum absolute atomic E-state index is 12.5. The number of halogens is 1. The van der Waals surface area contributed by atoms with E-state index in [1.807, 2.05) is 17.9 Å². The molecular formula is C15H24ClN5O. The number of hydrogen-bond acceptors (Lipinski definition) is 5. The van der Waals surface area contributed by atoms with Crippen molar-refractivity contribution in [3.05, 3.63) is 18.1 Å². The quantitative estimate of drug-likeness (QED) is 0.873. The van der Waals surface area contributed by atoms with Gasteiger partial charge in [0.05, 0.1) is 0 Å². The van der Waals surface area contributed by atoms with Gasteiger partial charge in [0, 0.05) is 43.9 Å². The molecule has 2 fully saturated rings. The van der Waals surface area contributed by atoms with Gasteiger partial charge in [-0.25, -0.2) is 9.97 Å². The first kappa shape index (κ1) is 17.0. The number of hydrogen-bond donors (Lipinski definition) is 1. The van der Waals surface area contributed by atoms with Crippen LogP contribution in [0.1, 0.15) is 18.5 Å². The van der Waals surface area contributed by atoms with E-state index in [0.29, 0.717) is 5.91 Å². The second-order valence-electron chi connectivity index (χ2n) is 5.85. The lowest BCUT2D eigenvalue weighted by Crippen LogP contribution is -2.51. The van der Waals surface area contributed by atoms with Crippen molar-refractivity contribution in [2.24, 2.45) is 5.92 Å². The minimum atomic E-state index is 0. The molecule has 1 aromatic rings. The fourth-order valence-electron chi connectivity index (χ4n) is 3.10. The third-order valence-electron chi connectivity index (χ3n) is 4.39. The fraction of sp³-hybridized carbons (Fsp3) is 0.667. The van der Waals surface area contributed by atoms with E-state index in [1.165, 1.54) is 0 Å². The van der Waals surface area contributed by atoms with Crippen LogP contribution >= 0.6 is 12.4 Å². The molecule has 122 valence electrons. The number of carbonyl (C=O) groups excluding carboxylic acids is 1.